The lowest BCUT2D eigenvalue weighted by Crippen LogP contribution is -2.29. The minimum absolute atomic E-state index is 0.0878. The molecule has 1 aromatic heterocycles. The van der Waals surface area contributed by atoms with Crippen LogP contribution in [0.4, 0.5) is 0 Å². The van der Waals surface area contributed by atoms with Gasteiger partial charge in [-0.05, 0) is 18.9 Å². The van der Waals surface area contributed by atoms with Crippen molar-refractivity contribution in [1.29, 1.82) is 0 Å². The van der Waals surface area contributed by atoms with E-state index < -0.39 is 28.4 Å². The molecule has 0 bridgehead atoms. The van der Waals surface area contributed by atoms with Gasteiger partial charge in [0.1, 0.15) is 6.54 Å². The number of carbonyl (C=O) groups excluding carboxylic acids is 1. The van der Waals surface area contributed by atoms with E-state index in [2.05, 4.69) is 5.32 Å². The van der Waals surface area contributed by atoms with Crippen LogP contribution in [0.3, 0.4) is 0 Å². The van der Waals surface area contributed by atoms with Gasteiger partial charge in [0.25, 0.3) is 5.91 Å². The van der Waals surface area contributed by atoms with Gasteiger partial charge in [-0.2, -0.15) is 4.31 Å². The second kappa shape index (κ2) is 5.90. The van der Waals surface area contributed by atoms with Crippen molar-refractivity contribution in [3.63, 3.8) is 0 Å². The van der Waals surface area contributed by atoms with E-state index in [1.807, 2.05) is 0 Å². The summed E-state index contributed by atoms with van der Waals surface area (Å²) in [5.74, 6) is -1.74. The first-order valence-electron chi connectivity index (χ1n) is 6.00. The molecule has 2 N–H and O–H groups in total. The first-order valence-corrected chi connectivity index (χ1v) is 8.32. The number of carboxylic acids is 1. The van der Waals surface area contributed by atoms with E-state index in [0.717, 1.165) is 24.2 Å². The summed E-state index contributed by atoms with van der Waals surface area (Å²) < 4.78 is 25.9. The van der Waals surface area contributed by atoms with Crippen LogP contribution < -0.4 is 5.32 Å². The van der Waals surface area contributed by atoms with Crippen LogP contribution in [0.1, 0.15) is 22.5 Å². The van der Waals surface area contributed by atoms with Crippen LogP contribution in [0.5, 0.6) is 0 Å². The van der Waals surface area contributed by atoms with Crippen LogP contribution in [0.15, 0.2) is 16.3 Å². The summed E-state index contributed by atoms with van der Waals surface area (Å²) in [7, 11) is -3.54. The summed E-state index contributed by atoms with van der Waals surface area (Å²) in [5, 5.41) is 12.1. The van der Waals surface area contributed by atoms with Crippen LogP contribution >= 0.6 is 11.3 Å². The molecule has 1 fully saturated rings. The standard InChI is InChI=1S/C11H14N2O5S2/c14-10(15)6-12-11(16)9-5-8(7-19-9)20(17,18)13-3-1-2-4-13/h5,7H,1-4,6H2,(H,12,16)(H,14,15). The molecular weight excluding hydrogens is 304 g/mol. The molecular formula is C11H14N2O5S2. The highest BCUT2D eigenvalue weighted by molar-refractivity contribution is 7.89. The van der Waals surface area contributed by atoms with Gasteiger partial charge in [-0.3, -0.25) is 9.59 Å². The highest BCUT2D eigenvalue weighted by Crippen LogP contribution is 2.25. The first-order chi connectivity index (χ1) is 9.41. The van der Waals surface area contributed by atoms with Gasteiger partial charge in [0.15, 0.2) is 0 Å². The molecule has 0 aliphatic carbocycles. The molecule has 110 valence electrons. The zero-order chi connectivity index (χ0) is 14.8. The van der Waals surface area contributed by atoms with E-state index in [0.29, 0.717) is 13.1 Å². The Kier molecular flexibility index (Phi) is 4.41. The maximum Gasteiger partial charge on any atom is 0.322 e. The van der Waals surface area contributed by atoms with Gasteiger partial charge in [-0.1, -0.05) is 0 Å². The van der Waals surface area contributed by atoms with Gasteiger partial charge < -0.3 is 10.4 Å². The average molecular weight is 318 g/mol. The molecule has 9 heteroatoms. The van der Waals surface area contributed by atoms with E-state index in [1.54, 1.807) is 0 Å². The average Bonchev–Trinajstić information content (AvgIpc) is 3.06. The maximum atomic E-state index is 12.2. The topological polar surface area (TPSA) is 104 Å². The second-order valence-corrected chi connectivity index (χ2v) is 7.18. The fourth-order valence-electron chi connectivity index (χ4n) is 1.89. The number of sulfonamides is 1. The summed E-state index contributed by atoms with van der Waals surface area (Å²) in [5.41, 5.74) is 0. The molecule has 0 unspecified atom stereocenters. The summed E-state index contributed by atoms with van der Waals surface area (Å²) in [6.07, 6.45) is 1.69. The summed E-state index contributed by atoms with van der Waals surface area (Å²) in [6, 6.07) is 1.29. The monoisotopic (exact) mass is 318 g/mol. The van der Waals surface area contributed by atoms with Gasteiger partial charge in [-0.15, -0.1) is 11.3 Å². The van der Waals surface area contributed by atoms with Gasteiger partial charge in [0.05, 0.1) is 9.77 Å². The van der Waals surface area contributed by atoms with Crippen molar-refractivity contribution in [3.05, 3.63) is 16.3 Å². The van der Waals surface area contributed by atoms with E-state index in [4.69, 9.17) is 5.11 Å². The summed E-state index contributed by atoms with van der Waals surface area (Å²) >= 11 is 0.984. The molecule has 2 heterocycles. The highest BCUT2D eigenvalue weighted by Gasteiger charge is 2.28. The van der Waals surface area contributed by atoms with Crippen molar-refractivity contribution in [3.8, 4) is 0 Å². The van der Waals surface area contributed by atoms with Gasteiger partial charge in [0, 0.05) is 18.5 Å². The molecule has 1 aliphatic heterocycles. The van der Waals surface area contributed by atoms with E-state index in [-0.39, 0.29) is 9.77 Å². The van der Waals surface area contributed by atoms with Gasteiger partial charge in [-0.25, -0.2) is 8.42 Å². The summed E-state index contributed by atoms with van der Waals surface area (Å²) in [6.45, 7) is 0.502. The number of rotatable bonds is 5. The SMILES string of the molecule is O=C(O)CNC(=O)c1cc(S(=O)(=O)N2CCCC2)cs1. The molecule has 0 spiro atoms. The molecule has 1 saturated heterocycles. The Labute approximate surface area is 120 Å². The Morgan fingerprint density at radius 3 is 2.60 bits per heavy atom. The number of nitrogens with one attached hydrogen (secondary N) is 1. The number of aliphatic carboxylic acids is 1. The second-order valence-electron chi connectivity index (χ2n) is 4.33. The fourth-order valence-corrected chi connectivity index (χ4v) is 4.59. The van der Waals surface area contributed by atoms with Crippen molar-refractivity contribution >= 4 is 33.2 Å². The van der Waals surface area contributed by atoms with Crippen molar-refractivity contribution in [2.75, 3.05) is 19.6 Å². The molecule has 2 rings (SSSR count). The third-order valence-electron chi connectivity index (χ3n) is 2.90. The number of hydrogen-bond donors (Lipinski definition) is 2. The number of thiophene rings is 1. The molecule has 1 amide bonds. The number of amides is 1. The molecule has 0 radical (unpaired) electrons. The van der Waals surface area contributed by atoms with E-state index in [9.17, 15) is 18.0 Å². The Morgan fingerprint density at radius 2 is 2.00 bits per heavy atom. The van der Waals surface area contributed by atoms with Crippen LogP contribution in [0.25, 0.3) is 0 Å². The Bertz CT molecular complexity index is 617. The quantitative estimate of drug-likeness (QED) is 0.815. The Hall–Kier alpha value is -1.45. The number of carboxylic acid groups (broad SMARTS) is 1. The lowest BCUT2D eigenvalue weighted by atomic mass is 10.4. The zero-order valence-corrected chi connectivity index (χ0v) is 12.2. The van der Waals surface area contributed by atoms with Crippen LogP contribution in [-0.2, 0) is 14.8 Å². The summed E-state index contributed by atoms with van der Waals surface area (Å²) in [4.78, 5) is 22.3. The maximum absolute atomic E-state index is 12.2. The zero-order valence-electron chi connectivity index (χ0n) is 10.5. The third-order valence-corrected chi connectivity index (χ3v) is 5.86. The normalized spacial score (nSPS) is 16.2. The number of hydrogen-bond acceptors (Lipinski definition) is 5. The van der Waals surface area contributed by atoms with Crippen molar-refractivity contribution in [2.45, 2.75) is 17.7 Å². The number of carbonyl (C=O) groups is 2. The lowest BCUT2D eigenvalue weighted by molar-refractivity contribution is -0.135. The lowest BCUT2D eigenvalue weighted by Gasteiger charge is -2.13. The molecule has 7 nitrogen and oxygen atoms in total. The van der Waals surface area contributed by atoms with Crippen molar-refractivity contribution in [2.24, 2.45) is 0 Å². The number of nitrogens with zero attached hydrogens (tertiary/aromatic N) is 1. The first kappa shape index (κ1) is 14.9. The molecule has 0 aromatic carbocycles. The van der Waals surface area contributed by atoms with E-state index >= 15 is 0 Å². The largest absolute Gasteiger partial charge is 0.480 e. The van der Waals surface area contributed by atoms with Gasteiger partial charge in [0.2, 0.25) is 10.0 Å². The smallest absolute Gasteiger partial charge is 0.322 e. The molecule has 0 saturated carbocycles. The highest BCUT2D eigenvalue weighted by atomic mass is 32.2. The minimum Gasteiger partial charge on any atom is -0.480 e. The molecule has 1 aliphatic rings. The van der Waals surface area contributed by atoms with Crippen molar-refractivity contribution in [1.82, 2.24) is 9.62 Å². The predicted molar refractivity (Wildman–Crippen MR) is 72.3 cm³/mol. The van der Waals surface area contributed by atoms with Crippen LogP contribution in [0, 0.1) is 0 Å². The minimum atomic E-state index is -3.54. The third kappa shape index (κ3) is 3.17. The predicted octanol–water partition coefficient (Wildman–Crippen LogP) is 0.347. The van der Waals surface area contributed by atoms with Gasteiger partial charge >= 0.3 is 5.97 Å². The molecule has 1 aromatic rings. The fraction of sp³-hybridized carbons (Fsp3) is 0.455. The van der Waals surface area contributed by atoms with Crippen molar-refractivity contribution < 1.29 is 23.1 Å². The van der Waals surface area contributed by atoms with Crippen LogP contribution in [0.2, 0.25) is 0 Å². The Morgan fingerprint density at radius 1 is 1.35 bits per heavy atom. The van der Waals surface area contributed by atoms with E-state index in [1.165, 1.54) is 15.8 Å². The van der Waals surface area contributed by atoms with Crippen LogP contribution in [-0.4, -0.2) is 49.3 Å². The molecule has 20 heavy (non-hydrogen) atoms. The Balaban J connectivity index is 2.12. The molecule has 0 atom stereocenters.